The summed E-state index contributed by atoms with van der Waals surface area (Å²) >= 11 is 5.99. The first kappa shape index (κ1) is 12.6. The third kappa shape index (κ3) is 2.70. The minimum atomic E-state index is 0.510. The number of benzene rings is 2. The SMILES string of the molecule is COCc1cc(Cl)ccc1-c1ccc(C#N)cc1. The molecule has 0 aliphatic heterocycles. The van der Waals surface area contributed by atoms with E-state index in [4.69, 9.17) is 21.6 Å². The Bertz CT molecular complexity index is 584. The minimum Gasteiger partial charge on any atom is -0.380 e. The molecular weight excluding hydrogens is 246 g/mol. The molecule has 0 bridgehead atoms. The summed E-state index contributed by atoms with van der Waals surface area (Å²) in [4.78, 5) is 0. The third-order valence-electron chi connectivity index (χ3n) is 2.69. The number of halogens is 1. The van der Waals surface area contributed by atoms with Gasteiger partial charge in [-0.3, -0.25) is 0 Å². The van der Waals surface area contributed by atoms with E-state index in [1.165, 1.54) is 0 Å². The van der Waals surface area contributed by atoms with Crippen LogP contribution in [0.4, 0.5) is 0 Å². The average Bonchev–Trinajstić information content (AvgIpc) is 2.40. The Kier molecular flexibility index (Phi) is 3.99. The molecule has 0 N–H and O–H groups in total. The highest BCUT2D eigenvalue weighted by Crippen LogP contribution is 2.27. The van der Waals surface area contributed by atoms with Gasteiger partial charge in [0.15, 0.2) is 0 Å². The minimum absolute atomic E-state index is 0.510. The molecule has 0 saturated heterocycles. The van der Waals surface area contributed by atoms with Gasteiger partial charge < -0.3 is 4.74 Å². The molecule has 0 spiro atoms. The van der Waals surface area contributed by atoms with Crippen molar-refractivity contribution in [2.75, 3.05) is 7.11 Å². The summed E-state index contributed by atoms with van der Waals surface area (Å²) in [5.41, 5.74) is 3.82. The molecule has 0 aliphatic carbocycles. The fourth-order valence-electron chi connectivity index (χ4n) is 1.84. The molecule has 0 radical (unpaired) electrons. The van der Waals surface area contributed by atoms with Crippen molar-refractivity contribution in [2.45, 2.75) is 6.61 Å². The fourth-order valence-corrected chi connectivity index (χ4v) is 2.04. The number of nitrogens with zero attached hydrogens (tertiary/aromatic N) is 1. The lowest BCUT2D eigenvalue weighted by molar-refractivity contribution is 0.185. The number of methoxy groups -OCH3 is 1. The quantitative estimate of drug-likeness (QED) is 0.832. The van der Waals surface area contributed by atoms with Crippen LogP contribution >= 0.6 is 11.6 Å². The molecule has 0 amide bonds. The van der Waals surface area contributed by atoms with Crippen LogP contribution in [-0.4, -0.2) is 7.11 Å². The van der Waals surface area contributed by atoms with Crippen molar-refractivity contribution in [1.82, 2.24) is 0 Å². The van der Waals surface area contributed by atoms with Gasteiger partial charge >= 0.3 is 0 Å². The number of hydrogen-bond acceptors (Lipinski definition) is 2. The summed E-state index contributed by atoms with van der Waals surface area (Å²) in [7, 11) is 1.66. The van der Waals surface area contributed by atoms with Gasteiger partial charge in [-0.2, -0.15) is 5.26 Å². The standard InChI is InChI=1S/C15H12ClNO/c1-18-10-13-8-14(16)6-7-15(13)12-4-2-11(9-17)3-5-12/h2-8H,10H2,1H3. The van der Waals surface area contributed by atoms with Crippen LogP contribution < -0.4 is 0 Å². The second-order valence-corrected chi connectivity index (χ2v) is 4.36. The molecule has 3 heteroatoms. The highest BCUT2D eigenvalue weighted by molar-refractivity contribution is 6.30. The van der Waals surface area contributed by atoms with Gasteiger partial charge in [0.25, 0.3) is 0 Å². The van der Waals surface area contributed by atoms with Crippen molar-refractivity contribution in [2.24, 2.45) is 0 Å². The Morgan fingerprint density at radius 1 is 1.17 bits per heavy atom. The van der Waals surface area contributed by atoms with E-state index in [9.17, 15) is 0 Å². The van der Waals surface area contributed by atoms with E-state index >= 15 is 0 Å². The van der Waals surface area contributed by atoms with Gasteiger partial charge in [-0.25, -0.2) is 0 Å². The average molecular weight is 258 g/mol. The Labute approximate surface area is 111 Å². The molecule has 0 fully saturated rings. The van der Waals surface area contributed by atoms with Crippen LogP contribution in [0.5, 0.6) is 0 Å². The van der Waals surface area contributed by atoms with Gasteiger partial charge in [0, 0.05) is 12.1 Å². The first-order valence-electron chi connectivity index (χ1n) is 5.52. The molecule has 18 heavy (non-hydrogen) atoms. The molecular formula is C15H12ClNO. The summed E-state index contributed by atoms with van der Waals surface area (Å²) in [5.74, 6) is 0. The van der Waals surface area contributed by atoms with Gasteiger partial charge in [0.05, 0.1) is 18.2 Å². The van der Waals surface area contributed by atoms with E-state index in [1.807, 2.05) is 30.3 Å². The molecule has 2 rings (SSSR count). The molecule has 2 nitrogen and oxygen atoms in total. The lowest BCUT2D eigenvalue weighted by Crippen LogP contribution is -1.92. The van der Waals surface area contributed by atoms with Gasteiger partial charge in [-0.1, -0.05) is 29.8 Å². The maximum absolute atomic E-state index is 8.79. The molecule has 90 valence electrons. The first-order valence-corrected chi connectivity index (χ1v) is 5.90. The van der Waals surface area contributed by atoms with Crippen molar-refractivity contribution < 1.29 is 4.74 Å². The number of ether oxygens (including phenoxy) is 1. The van der Waals surface area contributed by atoms with Crippen molar-refractivity contribution in [3.05, 3.63) is 58.6 Å². The van der Waals surface area contributed by atoms with Crippen LogP contribution in [0, 0.1) is 11.3 Å². The van der Waals surface area contributed by atoms with Crippen molar-refractivity contribution in [3.8, 4) is 17.2 Å². The van der Waals surface area contributed by atoms with Crippen LogP contribution in [0.25, 0.3) is 11.1 Å². The zero-order valence-electron chi connectivity index (χ0n) is 9.98. The van der Waals surface area contributed by atoms with Crippen molar-refractivity contribution in [3.63, 3.8) is 0 Å². The molecule has 0 aromatic heterocycles. The highest BCUT2D eigenvalue weighted by atomic mass is 35.5. The molecule has 2 aromatic rings. The van der Waals surface area contributed by atoms with E-state index in [0.29, 0.717) is 17.2 Å². The lowest BCUT2D eigenvalue weighted by atomic mass is 9.99. The summed E-state index contributed by atoms with van der Waals surface area (Å²) in [6, 6.07) is 15.3. The van der Waals surface area contributed by atoms with Crippen molar-refractivity contribution >= 4 is 11.6 Å². The molecule has 0 atom stereocenters. The molecule has 0 saturated carbocycles. The highest BCUT2D eigenvalue weighted by Gasteiger charge is 2.06. The number of nitriles is 1. The van der Waals surface area contributed by atoms with Gasteiger partial charge in [0.2, 0.25) is 0 Å². The first-order chi connectivity index (χ1) is 8.74. The van der Waals surface area contributed by atoms with Crippen LogP contribution in [0.3, 0.4) is 0 Å². The lowest BCUT2D eigenvalue weighted by Gasteiger charge is -2.09. The van der Waals surface area contributed by atoms with Gasteiger partial charge in [-0.05, 0) is 41.0 Å². The van der Waals surface area contributed by atoms with E-state index in [2.05, 4.69) is 6.07 Å². The van der Waals surface area contributed by atoms with E-state index in [0.717, 1.165) is 16.7 Å². The Hall–Kier alpha value is -1.82. The zero-order valence-corrected chi connectivity index (χ0v) is 10.7. The summed E-state index contributed by atoms with van der Waals surface area (Å²) < 4.78 is 5.18. The van der Waals surface area contributed by atoms with Crippen LogP contribution in [-0.2, 0) is 11.3 Å². The van der Waals surface area contributed by atoms with Crippen LogP contribution in [0.2, 0.25) is 5.02 Å². The normalized spacial score (nSPS) is 10.1. The van der Waals surface area contributed by atoms with Crippen LogP contribution in [0.1, 0.15) is 11.1 Å². The number of hydrogen-bond donors (Lipinski definition) is 0. The predicted octanol–water partition coefficient (Wildman–Crippen LogP) is 4.03. The topological polar surface area (TPSA) is 33.0 Å². The summed E-state index contributed by atoms with van der Waals surface area (Å²) in [6.45, 7) is 0.510. The molecule has 0 unspecified atom stereocenters. The Morgan fingerprint density at radius 3 is 2.50 bits per heavy atom. The monoisotopic (exact) mass is 257 g/mol. The van der Waals surface area contributed by atoms with Crippen molar-refractivity contribution in [1.29, 1.82) is 5.26 Å². The second kappa shape index (κ2) is 5.68. The molecule has 2 aromatic carbocycles. The maximum atomic E-state index is 8.79. The largest absolute Gasteiger partial charge is 0.380 e. The zero-order chi connectivity index (χ0) is 13.0. The Balaban J connectivity index is 2.45. The van der Waals surface area contributed by atoms with Gasteiger partial charge in [-0.15, -0.1) is 0 Å². The van der Waals surface area contributed by atoms with Gasteiger partial charge in [0.1, 0.15) is 0 Å². The number of rotatable bonds is 3. The maximum Gasteiger partial charge on any atom is 0.0991 e. The van der Waals surface area contributed by atoms with Crippen LogP contribution in [0.15, 0.2) is 42.5 Å². The van der Waals surface area contributed by atoms with E-state index < -0.39 is 0 Å². The van der Waals surface area contributed by atoms with E-state index in [-0.39, 0.29) is 0 Å². The third-order valence-corrected chi connectivity index (χ3v) is 2.93. The Morgan fingerprint density at radius 2 is 1.89 bits per heavy atom. The second-order valence-electron chi connectivity index (χ2n) is 3.92. The molecule has 0 aliphatic rings. The molecule has 0 heterocycles. The van der Waals surface area contributed by atoms with E-state index in [1.54, 1.807) is 19.2 Å². The predicted molar refractivity (Wildman–Crippen MR) is 72.3 cm³/mol. The fraction of sp³-hybridized carbons (Fsp3) is 0.133. The summed E-state index contributed by atoms with van der Waals surface area (Å²) in [5, 5.41) is 9.48. The summed E-state index contributed by atoms with van der Waals surface area (Å²) in [6.07, 6.45) is 0. The smallest absolute Gasteiger partial charge is 0.0991 e.